The highest BCUT2D eigenvalue weighted by atomic mass is 16.6. The smallest absolute Gasteiger partial charge is 0.410 e. The van der Waals surface area contributed by atoms with Gasteiger partial charge in [0, 0.05) is 39.3 Å². The topological polar surface area (TPSA) is 82.1 Å². The number of hydrogen-bond acceptors (Lipinski definition) is 5. The van der Waals surface area contributed by atoms with E-state index in [1.54, 1.807) is 16.8 Å². The van der Waals surface area contributed by atoms with Gasteiger partial charge >= 0.3 is 6.09 Å². The number of rotatable bonds is 6. The van der Waals surface area contributed by atoms with E-state index in [1.165, 1.54) is 0 Å². The number of nitrogens with one attached hydrogen (secondary N) is 1. The maximum absolute atomic E-state index is 12.5. The Balaban J connectivity index is 1.90. The van der Waals surface area contributed by atoms with Crippen LogP contribution >= 0.6 is 0 Å². The molecule has 1 fully saturated rings. The van der Waals surface area contributed by atoms with Crippen LogP contribution in [-0.4, -0.2) is 72.3 Å². The number of aliphatic hydroxyl groups is 1. The fourth-order valence-corrected chi connectivity index (χ4v) is 2.77. The number of nitrogens with zero attached hydrogens (tertiary/aromatic N) is 2. The van der Waals surface area contributed by atoms with Crippen LogP contribution in [-0.2, 0) is 16.1 Å². The molecule has 138 valence electrons. The molecule has 25 heavy (non-hydrogen) atoms. The highest BCUT2D eigenvalue weighted by Crippen LogP contribution is 2.12. The molecule has 0 aliphatic carbocycles. The molecule has 0 saturated carbocycles. The number of carbonyl (C=O) groups is 2. The summed E-state index contributed by atoms with van der Waals surface area (Å²) in [5, 5.41) is 12.1. The number of ether oxygens (including phenoxy) is 1. The predicted molar refractivity (Wildman–Crippen MR) is 93.9 cm³/mol. The van der Waals surface area contributed by atoms with Crippen LogP contribution in [0, 0.1) is 0 Å². The van der Waals surface area contributed by atoms with Crippen molar-refractivity contribution in [1.29, 1.82) is 0 Å². The summed E-state index contributed by atoms with van der Waals surface area (Å²) >= 11 is 0. The van der Waals surface area contributed by atoms with E-state index >= 15 is 0 Å². The van der Waals surface area contributed by atoms with Crippen molar-refractivity contribution in [2.45, 2.75) is 32.0 Å². The van der Waals surface area contributed by atoms with Crippen LogP contribution in [0.25, 0.3) is 0 Å². The van der Waals surface area contributed by atoms with Gasteiger partial charge in [-0.2, -0.15) is 0 Å². The molecule has 0 radical (unpaired) electrons. The van der Waals surface area contributed by atoms with Gasteiger partial charge in [-0.3, -0.25) is 4.79 Å². The highest BCUT2D eigenvalue weighted by Gasteiger charge is 2.34. The minimum absolute atomic E-state index is 0.0462. The molecule has 2 unspecified atom stereocenters. The Kier molecular flexibility index (Phi) is 7.21. The molecule has 2 amide bonds. The van der Waals surface area contributed by atoms with Crippen LogP contribution in [0.1, 0.15) is 18.9 Å². The summed E-state index contributed by atoms with van der Waals surface area (Å²) in [6.07, 6.45) is 0.127. The van der Waals surface area contributed by atoms with Gasteiger partial charge in [-0.05, 0) is 18.9 Å². The van der Waals surface area contributed by atoms with E-state index in [1.807, 2.05) is 37.3 Å². The number of amides is 2. The Morgan fingerprint density at radius 3 is 2.76 bits per heavy atom. The summed E-state index contributed by atoms with van der Waals surface area (Å²) < 4.78 is 5.39. The van der Waals surface area contributed by atoms with E-state index in [0.717, 1.165) is 5.56 Å². The minimum atomic E-state index is -0.454. The van der Waals surface area contributed by atoms with Crippen LogP contribution in [0.5, 0.6) is 0 Å². The summed E-state index contributed by atoms with van der Waals surface area (Å²) in [4.78, 5) is 28.1. The first-order chi connectivity index (χ1) is 12.0. The van der Waals surface area contributed by atoms with Crippen molar-refractivity contribution in [3.63, 3.8) is 0 Å². The van der Waals surface area contributed by atoms with Gasteiger partial charge in [-0.1, -0.05) is 30.3 Å². The lowest BCUT2D eigenvalue weighted by Crippen LogP contribution is -2.61. The van der Waals surface area contributed by atoms with Crippen molar-refractivity contribution in [3.8, 4) is 0 Å². The molecule has 2 atom stereocenters. The lowest BCUT2D eigenvalue weighted by Gasteiger charge is -2.38. The monoisotopic (exact) mass is 349 g/mol. The van der Waals surface area contributed by atoms with Gasteiger partial charge in [0.1, 0.15) is 12.6 Å². The van der Waals surface area contributed by atoms with Gasteiger partial charge < -0.3 is 25.0 Å². The molecule has 1 aliphatic rings. The Hall–Kier alpha value is -2.12. The molecule has 0 aromatic heterocycles. The van der Waals surface area contributed by atoms with Gasteiger partial charge in [0.15, 0.2) is 0 Å². The molecule has 1 heterocycles. The van der Waals surface area contributed by atoms with E-state index in [0.29, 0.717) is 19.5 Å². The number of aliphatic hydroxyl groups excluding tert-OH is 1. The number of carbonyl (C=O) groups excluding carboxylic acids is 2. The summed E-state index contributed by atoms with van der Waals surface area (Å²) in [5.74, 6) is -0.0822. The number of benzene rings is 1. The standard InChI is InChI=1S/C18H27N3O4/c1-14-11-19-16(17(23)20(2)9-6-10-22)12-21(14)18(24)25-13-15-7-4-3-5-8-15/h3-5,7-8,14,16,19,22H,6,9-13H2,1-2H3. The average Bonchev–Trinajstić information content (AvgIpc) is 2.64. The molecule has 1 aromatic rings. The lowest BCUT2D eigenvalue weighted by molar-refractivity contribution is -0.133. The normalized spacial score (nSPS) is 20.2. The zero-order chi connectivity index (χ0) is 18.2. The van der Waals surface area contributed by atoms with Crippen molar-refractivity contribution in [2.24, 2.45) is 0 Å². The molecule has 0 bridgehead atoms. The van der Waals surface area contributed by atoms with E-state index in [-0.39, 0.29) is 31.7 Å². The van der Waals surface area contributed by atoms with Crippen LogP contribution < -0.4 is 5.32 Å². The second kappa shape index (κ2) is 9.39. The quantitative estimate of drug-likeness (QED) is 0.795. The largest absolute Gasteiger partial charge is 0.445 e. The number of piperazine rings is 1. The first-order valence-corrected chi connectivity index (χ1v) is 8.59. The zero-order valence-electron chi connectivity index (χ0n) is 14.9. The van der Waals surface area contributed by atoms with Crippen molar-refractivity contribution in [3.05, 3.63) is 35.9 Å². The third-order valence-electron chi connectivity index (χ3n) is 4.34. The Labute approximate surface area is 148 Å². The highest BCUT2D eigenvalue weighted by molar-refractivity contribution is 5.83. The molecule has 0 spiro atoms. The maximum atomic E-state index is 12.5. The third-order valence-corrected chi connectivity index (χ3v) is 4.34. The molecule has 7 heteroatoms. The van der Waals surface area contributed by atoms with E-state index in [9.17, 15) is 9.59 Å². The predicted octanol–water partition coefficient (Wildman–Crippen LogP) is 0.826. The van der Waals surface area contributed by atoms with E-state index < -0.39 is 12.1 Å². The number of hydrogen-bond donors (Lipinski definition) is 2. The SMILES string of the molecule is CC1CNC(C(=O)N(C)CCCO)CN1C(=O)OCc1ccccc1. The van der Waals surface area contributed by atoms with Crippen molar-refractivity contribution >= 4 is 12.0 Å². The van der Waals surface area contributed by atoms with Gasteiger partial charge in [0.2, 0.25) is 5.91 Å². The Morgan fingerprint density at radius 1 is 1.36 bits per heavy atom. The Morgan fingerprint density at radius 2 is 2.08 bits per heavy atom. The summed E-state index contributed by atoms with van der Waals surface area (Å²) in [6, 6.07) is 9.00. The van der Waals surface area contributed by atoms with Crippen molar-refractivity contribution in [2.75, 3.05) is 33.3 Å². The maximum Gasteiger partial charge on any atom is 0.410 e. The summed E-state index contributed by atoms with van der Waals surface area (Å²) in [5.41, 5.74) is 0.926. The molecule has 7 nitrogen and oxygen atoms in total. The second-order valence-corrected chi connectivity index (χ2v) is 6.34. The van der Waals surface area contributed by atoms with Crippen molar-refractivity contribution < 1.29 is 19.4 Å². The third kappa shape index (κ3) is 5.44. The Bertz CT molecular complexity index is 567. The lowest BCUT2D eigenvalue weighted by atomic mass is 10.1. The first kappa shape index (κ1) is 19.2. The van der Waals surface area contributed by atoms with E-state index in [4.69, 9.17) is 9.84 Å². The minimum Gasteiger partial charge on any atom is -0.445 e. The average molecular weight is 349 g/mol. The molecular weight excluding hydrogens is 322 g/mol. The van der Waals surface area contributed by atoms with Gasteiger partial charge in [0.05, 0.1) is 0 Å². The van der Waals surface area contributed by atoms with Gasteiger partial charge in [-0.25, -0.2) is 4.79 Å². The summed E-state index contributed by atoms with van der Waals surface area (Å²) in [7, 11) is 1.70. The van der Waals surface area contributed by atoms with Crippen molar-refractivity contribution in [1.82, 2.24) is 15.1 Å². The van der Waals surface area contributed by atoms with Crippen LogP contribution in [0.15, 0.2) is 30.3 Å². The zero-order valence-corrected chi connectivity index (χ0v) is 14.9. The van der Waals surface area contributed by atoms with E-state index in [2.05, 4.69) is 5.32 Å². The second-order valence-electron chi connectivity index (χ2n) is 6.34. The molecule has 1 aromatic carbocycles. The fourth-order valence-electron chi connectivity index (χ4n) is 2.77. The van der Waals surface area contributed by atoms with Crippen LogP contribution in [0.3, 0.4) is 0 Å². The van der Waals surface area contributed by atoms with Gasteiger partial charge in [0.25, 0.3) is 0 Å². The molecule has 2 rings (SSSR count). The fraction of sp³-hybridized carbons (Fsp3) is 0.556. The summed E-state index contributed by atoms with van der Waals surface area (Å²) in [6.45, 7) is 3.48. The van der Waals surface area contributed by atoms with Crippen LogP contribution in [0.2, 0.25) is 0 Å². The molecule has 1 saturated heterocycles. The molecule has 1 aliphatic heterocycles. The van der Waals surface area contributed by atoms with Crippen LogP contribution in [0.4, 0.5) is 4.79 Å². The van der Waals surface area contributed by atoms with Gasteiger partial charge in [-0.15, -0.1) is 0 Å². The number of likely N-dealkylation sites (N-methyl/N-ethyl adjacent to an activating group) is 1. The molecule has 2 N–H and O–H groups in total. The first-order valence-electron chi connectivity index (χ1n) is 8.59. The molecular formula is C18H27N3O4.